The molecule has 0 aliphatic rings. The van der Waals surface area contributed by atoms with E-state index in [1.165, 1.54) is 10.7 Å². The molecular weight excluding hydrogens is 258 g/mol. The van der Waals surface area contributed by atoms with Crippen LogP contribution in [0.4, 0.5) is 8.78 Å². The minimum Gasteiger partial charge on any atom is -0.481 e. The molecule has 1 N–H and O–H groups in total. The number of benzene rings is 1. The fourth-order valence-electron chi connectivity index (χ4n) is 1.58. The molecule has 0 saturated heterocycles. The standard InChI is InChI=1S/C11H10F2N4O2/c12-8-2-1-3-9(13)7(8)6-10-14-15-16-17(10)5-4-11(18)19/h1-3H,4-6H2,(H,18,19). The molecule has 0 spiro atoms. The molecule has 1 aromatic carbocycles. The zero-order valence-corrected chi connectivity index (χ0v) is 9.75. The first kappa shape index (κ1) is 13.1. The highest BCUT2D eigenvalue weighted by atomic mass is 19.1. The van der Waals surface area contributed by atoms with Gasteiger partial charge in [-0.15, -0.1) is 5.10 Å². The van der Waals surface area contributed by atoms with Gasteiger partial charge in [0.05, 0.1) is 13.0 Å². The van der Waals surface area contributed by atoms with Crippen molar-refractivity contribution in [3.05, 3.63) is 41.2 Å². The van der Waals surface area contributed by atoms with Crippen LogP contribution >= 0.6 is 0 Å². The van der Waals surface area contributed by atoms with Gasteiger partial charge in [0, 0.05) is 12.0 Å². The van der Waals surface area contributed by atoms with Crippen LogP contribution in [0.5, 0.6) is 0 Å². The Labute approximate surface area is 106 Å². The maximum Gasteiger partial charge on any atom is 0.305 e. The molecule has 8 heteroatoms. The molecule has 0 unspecified atom stereocenters. The molecule has 0 aliphatic carbocycles. The number of hydrogen-bond donors (Lipinski definition) is 1. The number of aromatic nitrogens is 4. The zero-order valence-electron chi connectivity index (χ0n) is 9.75. The van der Waals surface area contributed by atoms with Gasteiger partial charge in [-0.1, -0.05) is 6.07 Å². The predicted molar refractivity (Wildman–Crippen MR) is 59.2 cm³/mol. The summed E-state index contributed by atoms with van der Waals surface area (Å²) in [6.07, 6.45) is -0.303. The van der Waals surface area contributed by atoms with Crippen molar-refractivity contribution in [1.82, 2.24) is 20.2 Å². The van der Waals surface area contributed by atoms with E-state index in [0.29, 0.717) is 0 Å². The zero-order chi connectivity index (χ0) is 13.8. The largest absolute Gasteiger partial charge is 0.481 e. The SMILES string of the molecule is O=C(O)CCn1nnnc1Cc1c(F)cccc1F. The van der Waals surface area contributed by atoms with Crippen LogP contribution in [-0.2, 0) is 17.8 Å². The maximum atomic E-state index is 13.5. The predicted octanol–water partition coefficient (Wildman–Crippen LogP) is 1.02. The molecule has 1 heterocycles. The Morgan fingerprint density at radius 1 is 1.32 bits per heavy atom. The Hall–Kier alpha value is -2.38. The summed E-state index contributed by atoms with van der Waals surface area (Å²) in [7, 11) is 0. The second-order valence-electron chi connectivity index (χ2n) is 3.84. The molecule has 0 bridgehead atoms. The van der Waals surface area contributed by atoms with E-state index >= 15 is 0 Å². The van der Waals surface area contributed by atoms with E-state index in [1.54, 1.807) is 0 Å². The van der Waals surface area contributed by atoms with E-state index in [-0.39, 0.29) is 30.8 Å². The third-order valence-corrected chi connectivity index (χ3v) is 2.54. The van der Waals surface area contributed by atoms with Crippen LogP contribution in [0.15, 0.2) is 18.2 Å². The lowest BCUT2D eigenvalue weighted by atomic mass is 10.1. The van der Waals surface area contributed by atoms with Crippen molar-refractivity contribution < 1.29 is 18.7 Å². The average Bonchev–Trinajstić information content (AvgIpc) is 2.79. The highest BCUT2D eigenvalue weighted by Gasteiger charge is 2.14. The smallest absolute Gasteiger partial charge is 0.305 e. The molecule has 1 aromatic heterocycles. The minimum absolute atomic E-state index is 0.0493. The molecule has 2 rings (SSSR count). The topological polar surface area (TPSA) is 80.9 Å². The second kappa shape index (κ2) is 5.51. The Morgan fingerprint density at radius 2 is 2.00 bits per heavy atom. The van der Waals surface area contributed by atoms with Crippen LogP contribution < -0.4 is 0 Å². The molecule has 0 atom stereocenters. The summed E-state index contributed by atoms with van der Waals surface area (Å²) in [5, 5.41) is 19.2. The van der Waals surface area contributed by atoms with Crippen molar-refractivity contribution in [2.75, 3.05) is 0 Å². The van der Waals surface area contributed by atoms with Crippen LogP contribution in [0.25, 0.3) is 0 Å². The summed E-state index contributed by atoms with van der Waals surface area (Å²) in [6, 6.07) is 3.55. The van der Waals surface area contributed by atoms with Crippen LogP contribution in [0.3, 0.4) is 0 Å². The van der Waals surface area contributed by atoms with Gasteiger partial charge in [0.2, 0.25) is 0 Å². The molecule has 0 amide bonds. The molecule has 0 radical (unpaired) electrons. The summed E-state index contributed by atoms with van der Waals surface area (Å²) in [4.78, 5) is 10.5. The highest BCUT2D eigenvalue weighted by molar-refractivity contribution is 5.66. The fourth-order valence-corrected chi connectivity index (χ4v) is 1.58. The number of rotatable bonds is 5. The fraction of sp³-hybridized carbons (Fsp3) is 0.273. The molecule has 100 valence electrons. The Balaban J connectivity index is 2.20. The number of carboxylic acid groups (broad SMARTS) is 1. The number of carboxylic acids is 1. The van der Waals surface area contributed by atoms with Gasteiger partial charge in [0.1, 0.15) is 11.6 Å². The first-order chi connectivity index (χ1) is 9.08. The quantitative estimate of drug-likeness (QED) is 0.875. The van der Waals surface area contributed by atoms with Crippen molar-refractivity contribution in [2.45, 2.75) is 19.4 Å². The molecule has 0 fully saturated rings. The summed E-state index contributed by atoms with van der Waals surface area (Å²) >= 11 is 0. The number of nitrogens with zero attached hydrogens (tertiary/aromatic N) is 4. The van der Waals surface area contributed by atoms with Crippen LogP contribution in [0.2, 0.25) is 0 Å². The molecular formula is C11H10F2N4O2. The number of halogens is 2. The summed E-state index contributed by atoms with van der Waals surface area (Å²) in [5.74, 6) is -2.16. The van der Waals surface area contributed by atoms with Gasteiger partial charge in [0.25, 0.3) is 0 Å². The average molecular weight is 268 g/mol. The van der Waals surface area contributed by atoms with Crippen LogP contribution in [0, 0.1) is 11.6 Å². The summed E-state index contributed by atoms with van der Waals surface area (Å²) in [5.41, 5.74) is -0.145. The van der Waals surface area contributed by atoms with Gasteiger partial charge in [-0.25, -0.2) is 13.5 Å². The third-order valence-electron chi connectivity index (χ3n) is 2.54. The number of aryl methyl sites for hydroxylation is 1. The van der Waals surface area contributed by atoms with Gasteiger partial charge in [-0.2, -0.15) is 0 Å². The van der Waals surface area contributed by atoms with Crippen molar-refractivity contribution in [3.63, 3.8) is 0 Å². The molecule has 2 aromatic rings. The highest BCUT2D eigenvalue weighted by Crippen LogP contribution is 2.15. The monoisotopic (exact) mass is 268 g/mol. The Morgan fingerprint density at radius 3 is 2.63 bits per heavy atom. The molecule has 0 aliphatic heterocycles. The molecule has 19 heavy (non-hydrogen) atoms. The summed E-state index contributed by atoms with van der Waals surface area (Å²) < 4.78 is 28.2. The van der Waals surface area contributed by atoms with E-state index in [9.17, 15) is 13.6 Å². The third kappa shape index (κ3) is 3.09. The first-order valence-corrected chi connectivity index (χ1v) is 5.47. The van der Waals surface area contributed by atoms with E-state index in [2.05, 4.69) is 15.5 Å². The van der Waals surface area contributed by atoms with E-state index in [0.717, 1.165) is 12.1 Å². The minimum atomic E-state index is -1.00. The first-order valence-electron chi connectivity index (χ1n) is 5.47. The number of hydrogen-bond acceptors (Lipinski definition) is 4. The summed E-state index contributed by atoms with van der Waals surface area (Å²) in [6.45, 7) is 0.0493. The van der Waals surface area contributed by atoms with Crippen molar-refractivity contribution in [3.8, 4) is 0 Å². The van der Waals surface area contributed by atoms with Gasteiger partial charge in [0.15, 0.2) is 5.82 Å². The van der Waals surface area contributed by atoms with E-state index in [1.807, 2.05) is 0 Å². The molecule has 6 nitrogen and oxygen atoms in total. The lowest BCUT2D eigenvalue weighted by Crippen LogP contribution is -2.11. The van der Waals surface area contributed by atoms with Crippen LogP contribution in [0.1, 0.15) is 17.8 Å². The van der Waals surface area contributed by atoms with Crippen molar-refractivity contribution >= 4 is 5.97 Å². The van der Waals surface area contributed by atoms with Gasteiger partial charge < -0.3 is 5.11 Å². The van der Waals surface area contributed by atoms with Gasteiger partial charge in [-0.05, 0) is 22.6 Å². The van der Waals surface area contributed by atoms with Crippen molar-refractivity contribution in [1.29, 1.82) is 0 Å². The van der Waals surface area contributed by atoms with Gasteiger partial charge >= 0.3 is 5.97 Å². The lowest BCUT2D eigenvalue weighted by Gasteiger charge is -2.05. The van der Waals surface area contributed by atoms with E-state index < -0.39 is 17.6 Å². The second-order valence-corrected chi connectivity index (χ2v) is 3.84. The number of carbonyl (C=O) groups is 1. The number of tetrazole rings is 1. The normalized spacial score (nSPS) is 10.6. The number of aliphatic carboxylic acids is 1. The molecule has 0 saturated carbocycles. The maximum absolute atomic E-state index is 13.5. The van der Waals surface area contributed by atoms with Gasteiger partial charge in [-0.3, -0.25) is 4.79 Å². The van der Waals surface area contributed by atoms with Crippen LogP contribution in [-0.4, -0.2) is 31.3 Å². The lowest BCUT2D eigenvalue weighted by molar-refractivity contribution is -0.137. The van der Waals surface area contributed by atoms with E-state index in [4.69, 9.17) is 5.11 Å². The van der Waals surface area contributed by atoms with Crippen molar-refractivity contribution in [2.24, 2.45) is 0 Å². The Bertz CT molecular complexity index is 580. The Kier molecular flexibility index (Phi) is 3.79.